The number of hydrogen-bond acceptors (Lipinski definition) is 6. The van der Waals surface area contributed by atoms with Gasteiger partial charge in [-0.15, -0.1) is 10.2 Å². The Morgan fingerprint density at radius 1 is 1.29 bits per heavy atom. The number of esters is 1. The Hall–Kier alpha value is -2.54. The van der Waals surface area contributed by atoms with Gasteiger partial charge >= 0.3 is 5.97 Å². The van der Waals surface area contributed by atoms with Gasteiger partial charge in [0, 0.05) is 0 Å². The molecular weight excluding hydrogens is 326 g/mol. The minimum Gasteiger partial charge on any atom is -0.463 e. The number of rotatable bonds is 5. The fourth-order valence-corrected chi connectivity index (χ4v) is 3.18. The predicted octanol–water partition coefficient (Wildman–Crippen LogP) is 3.56. The highest BCUT2D eigenvalue weighted by molar-refractivity contribution is 7.98. The summed E-state index contributed by atoms with van der Waals surface area (Å²) in [6.45, 7) is 4.13. The highest BCUT2D eigenvalue weighted by Gasteiger charge is 2.13. The van der Waals surface area contributed by atoms with Crippen molar-refractivity contribution in [2.75, 3.05) is 7.11 Å². The molecule has 0 radical (unpaired) electrons. The van der Waals surface area contributed by atoms with E-state index in [1.54, 1.807) is 18.5 Å². The molecule has 0 aliphatic carbocycles. The Morgan fingerprint density at radius 3 is 2.88 bits per heavy atom. The van der Waals surface area contributed by atoms with Gasteiger partial charge in [-0.25, -0.2) is 4.79 Å². The first-order valence-corrected chi connectivity index (χ1v) is 8.34. The average Bonchev–Trinajstić information content (AvgIpc) is 3.21. The summed E-state index contributed by atoms with van der Waals surface area (Å²) in [6.07, 6.45) is 1.70. The maximum atomic E-state index is 11.4. The number of hydrogen-bond donors (Lipinski definition) is 0. The normalized spacial score (nSPS) is 10.8. The molecule has 2 aromatic heterocycles. The Kier molecular flexibility index (Phi) is 4.71. The molecule has 0 bridgehead atoms. The van der Waals surface area contributed by atoms with Crippen molar-refractivity contribution in [1.29, 1.82) is 0 Å². The number of aromatic nitrogens is 3. The van der Waals surface area contributed by atoms with Crippen LogP contribution in [0, 0.1) is 13.8 Å². The van der Waals surface area contributed by atoms with Crippen LogP contribution in [0.4, 0.5) is 0 Å². The predicted molar refractivity (Wildman–Crippen MR) is 90.4 cm³/mol. The fraction of sp³-hybridized carbons (Fsp3) is 0.235. The third-order valence-electron chi connectivity index (χ3n) is 3.52. The Labute approximate surface area is 143 Å². The zero-order valence-electron chi connectivity index (χ0n) is 13.6. The number of carbonyl (C=O) groups excluding carboxylic acids is 1. The van der Waals surface area contributed by atoms with Crippen LogP contribution in [0.5, 0.6) is 0 Å². The van der Waals surface area contributed by atoms with Crippen molar-refractivity contribution < 1.29 is 13.9 Å². The van der Waals surface area contributed by atoms with Crippen LogP contribution in [0.1, 0.15) is 27.4 Å². The number of carbonyl (C=O) groups is 1. The van der Waals surface area contributed by atoms with E-state index in [0.29, 0.717) is 11.5 Å². The number of benzene rings is 1. The van der Waals surface area contributed by atoms with Gasteiger partial charge in [-0.1, -0.05) is 29.5 Å². The zero-order chi connectivity index (χ0) is 17.1. The maximum Gasteiger partial charge on any atom is 0.373 e. The number of methoxy groups -OCH3 is 1. The molecule has 0 saturated heterocycles. The summed E-state index contributed by atoms with van der Waals surface area (Å²) < 4.78 is 12.0. The molecule has 2 heterocycles. The lowest BCUT2D eigenvalue weighted by Crippen LogP contribution is -1.99. The van der Waals surface area contributed by atoms with E-state index in [1.807, 2.05) is 4.57 Å². The van der Waals surface area contributed by atoms with Gasteiger partial charge in [0.15, 0.2) is 5.16 Å². The molecule has 0 N–H and O–H groups in total. The van der Waals surface area contributed by atoms with E-state index in [1.165, 1.54) is 24.4 Å². The van der Waals surface area contributed by atoms with E-state index in [9.17, 15) is 4.79 Å². The third-order valence-corrected chi connectivity index (χ3v) is 4.49. The molecule has 0 amide bonds. The van der Waals surface area contributed by atoms with Gasteiger partial charge < -0.3 is 9.15 Å². The molecule has 0 unspecified atom stereocenters. The van der Waals surface area contributed by atoms with Crippen LogP contribution in [0.3, 0.4) is 0 Å². The molecular formula is C17H17N3O3S. The van der Waals surface area contributed by atoms with Gasteiger partial charge in [-0.2, -0.15) is 0 Å². The lowest BCUT2D eigenvalue weighted by Gasteiger charge is -2.09. The molecule has 0 aliphatic rings. The minimum absolute atomic E-state index is 0.198. The molecule has 0 atom stereocenters. The summed E-state index contributed by atoms with van der Waals surface area (Å²) in [5.74, 6) is 0.935. The van der Waals surface area contributed by atoms with Crippen molar-refractivity contribution in [2.45, 2.75) is 24.8 Å². The van der Waals surface area contributed by atoms with E-state index in [0.717, 1.165) is 16.4 Å². The topological polar surface area (TPSA) is 70.2 Å². The molecule has 3 rings (SSSR count). The van der Waals surface area contributed by atoms with E-state index in [2.05, 4.69) is 47.0 Å². The molecule has 0 saturated carbocycles. The number of aryl methyl sites for hydroxylation is 2. The number of thioether (sulfide) groups is 1. The molecule has 3 aromatic rings. The van der Waals surface area contributed by atoms with Crippen LogP contribution >= 0.6 is 11.8 Å². The molecule has 7 heteroatoms. The Bertz CT molecular complexity index is 870. The summed E-state index contributed by atoms with van der Waals surface area (Å²) in [5.41, 5.74) is 3.41. The van der Waals surface area contributed by atoms with E-state index >= 15 is 0 Å². The SMILES string of the molecule is COC(=O)c1ccc(CSc2nncn2-c2ccc(C)cc2C)o1. The quantitative estimate of drug-likeness (QED) is 0.521. The minimum atomic E-state index is -0.482. The van der Waals surface area contributed by atoms with Gasteiger partial charge in [-0.3, -0.25) is 4.57 Å². The summed E-state index contributed by atoms with van der Waals surface area (Å²) in [7, 11) is 1.33. The van der Waals surface area contributed by atoms with Gasteiger partial charge in [0.05, 0.1) is 18.6 Å². The standard InChI is InChI=1S/C17H17N3O3S/c1-11-4-6-14(12(2)8-11)20-10-18-19-17(20)24-9-13-5-7-15(23-13)16(21)22-3/h4-8,10H,9H2,1-3H3. The number of nitrogens with zero attached hydrogens (tertiary/aromatic N) is 3. The molecule has 1 aromatic carbocycles. The van der Waals surface area contributed by atoms with Crippen molar-refractivity contribution in [1.82, 2.24) is 14.8 Å². The van der Waals surface area contributed by atoms with Crippen LogP contribution < -0.4 is 0 Å². The van der Waals surface area contributed by atoms with Gasteiger partial charge in [0.25, 0.3) is 0 Å². The largest absolute Gasteiger partial charge is 0.463 e. The summed E-state index contributed by atoms with van der Waals surface area (Å²) in [4.78, 5) is 11.4. The average molecular weight is 343 g/mol. The molecule has 0 fully saturated rings. The van der Waals surface area contributed by atoms with E-state index in [4.69, 9.17) is 4.42 Å². The summed E-state index contributed by atoms with van der Waals surface area (Å²) in [5, 5.41) is 8.94. The zero-order valence-corrected chi connectivity index (χ0v) is 14.5. The second-order valence-electron chi connectivity index (χ2n) is 5.32. The van der Waals surface area contributed by atoms with Crippen LogP contribution in [0.2, 0.25) is 0 Å². The molecule has 6 nitrogen and oxygen atoms in total. The lowest BCUT2D eigenvalue weighted by molar-refractivity contribution is 0.0563. The summed E-state index contributed by atoms with van der Waals surface area (Å²) in [6, 6.07) is 9.61. The van der Waals surface area contributed by atoms with Crippen molar-refractivity contribution >= 4 is 17.7 Å². The lowest BCUT2D eigenvalue weighted by atomic mass is 10.1. The van der Waals surface area contributed by atoms with Crippen molar-refractivity contribution in [3.63, 3.8) is 0 Å². The monoisotopic (exact) mass is 343 g/mol. The van der Waals surface area contributed by atoms with Gasteiger partial charge in [0.2, 0.25) is 5.76 Å². The second-order valence-corrected chi connectivity index (χ2v) is 6.26. The highest BCUT2D eigenvalue weighted by atomic mass is 32.2. The van der Waals surface area contributed by atoms with Crippen molar-refractivity contribution in [3.05, 3.63) is 59.3 Å². The van der Waals surface area contributed by atoms with Crippen molar-refractivity contribution in [2.24, 2.45) is 0 Å². The number of furan rings is 1. The first-order chi connectivity index (χ1) is 11.6. The van der Waals surface area contributed by atoms with Gasteiger partial charge in [-0.05, 0) is 37.6 Å². The van der Waals surface area contributed by atoms with Crippen LogP contribution in [0.25, 0.3) is 5.69 Å². The number of ether oxygens (including phenoxy) is 1. The van der Waals surface area contributed by atoms with Crippen LogP contribution in [0.15, 0.2) is 46.2 Å². The van der Waals surface area contributed by atoms with Crippen LogP contribution in [-0.2, 0) is 10.5 Å². The Balaban J connectivity index is 1.76. The highest BCUT2D eigenvalue weighted by Crippen LogP contribution is 2.26. The molecule has 0 aliphatic heterocycles. The van der Waals surface area contributed by atoms with E-state index in [-0.39, 0.29) is 5.76 Å². The van der Waals surface area contributed by atoms with E-state index < -0.39 is 5.97 Å². The smallest absolute Gasteiger partial charge is 0.373 e. The first kappa shape index (κ1) is 16.3. The first-order valence-electron chi connectivity index (χ1n) is 7.36. The fourth-order valence-electron chi connectivity index (χ4n) is 2.37. The molecule has 0 spiro atoms. The van der Waals surface area contributed by atoms with Crippen LogP contribution in [-0.4, -0.2) is 27.8 Å². The second kappa shape index (κ2) is 6.92. The Morgan fingerprint density at radius 2 is 2.12 bits per heavy atom. The maximum absolute atomic E-state index is 11.4. The molecule has 24 heavy (non-hydrogen) atoms. The summed E-state index contributed by atoms with van der Waals surface area (Å²) >= 11 is 1.49. The third kappa shape index (κ3) is 3.35. The van der Waals surface area contributed by atoms with Gasteiger partial charge in [0.1, 0.15) is 12.1 Å². The van der Waals surface area contributed by atoms with Crippen molar-refractivity contribution in [3.8, 4) is 5.69 Å². The molecule has 124 valence electrons.